The maximum atomic E-state index is 10.7. The summed E-state index contributed by atoms with van der Waals surface area (Å²) in [6.45, 7) is 0. The molecular weight excluding hydrogens is 234 g/mol. The summed E-state index contributed by atoms with van der Waals surface area (Å²) in [4.78, 5) is 0. The van der Waals surface area contributed by atoms with Crippen molar-refractivity contribution < 1.29 is 5.11 Å². The minimum atomic E-state index is -1.55. The fraction of sp³-hybridized carbons (Fsp3) is 0.357. The molecule has 1 aromatic carbocycles. The van der Waals surface area contributed by atoms with Crippen molar-refractivity contribution in [3.63, 3.8) is 0 Å². The van der Waals surface area contributed by atoms with Gasteiger partial charge in [0.25, 0.3) is 0 Å². The number of hydrogen-bond acceptors (Lipinski definition) is 2. The zero-order valence-corrected chi connectivity index (χ0v) is 10.0. The van der Waals surface area contributed by atoms with Crippen LogP contribution in [0.25, 0.3) is 0 Å². The van der Waals surface area contributed by atoms with Gasteiger partial charge in [-0.1, -0.05) is 29.7 Å². The topological polar surface area (TPSA) is 44.0 Å². The highest BCUT2D eigenvalue weighted by atomic mass is 35.5. The van der Waals surface area contributed by atoms with Gasteiger partial charge in [0.05, 0.1) is 6.07 Å². The first-order valence-electron chi connectivity index (χ1n) is 5.45. The Morgan fingerprint density at radius 2 is 2.18 bits per heavy atom. The molecule has 1 fully saturated rings. The van der Waals surface area contributed by atoms with Crippen molar-refractivity contribution in [3.05, 3.63) is 34.9 Å². The van der Waals surface area contributed by atoms with Gasteiger partial charge in [-0.25, -0.2) is 0 Å². The first kappa shape index (κ1) is 12.0. The number of halogens is 1. The number of nitriles is 1. The largest absolute Gasteiger partial charge is 0.372 e. The van der Waals surface area contributed by atoms with E-state index in [2.05, 4.69) is 12.0 Å². The van der Waals surface area contributed by atoms with Gasteiger partial charge < -0.3 is 5.11 Å². The standard InChI is InChI=1S/C14H12ClNO/c1-2-14(17,13(10-16)7-4-8-13)11-5-3-6-12(15)9-11/h1,3,5-6,9,17H,4,7-8H2/t14-/m1/s1. The number of hydrogen-bond donors (Lipinski definition) is 1. The SMILES string of the molecule is C#C[C@@](O)(c1cccc(Cl)c1)C1(C#N)CCC1. The predicted octanol–water partition coefficient (Wildman–Crippen LogP) is 2.85. The Balaban J connectivity index is 2.53. The number of terminal acetylenes is 1. The van der Waals surface area contributed by atoms with Gasteiger partial charge in [-0.2, -0.15) is 5.26 Å². The van der Waals surface area contributed by atoms with Crippen LogP contribution in [0, 0.1) is 29.1 Å². The van der Waals surface area contributed by atoms with E-state index >= 15 is 0 Å². The van der Waals surface area contributed by atoms with Gasteiger partial charge in [0.1, 0.15) is 5.41 Å². The molecule has 2 nitrogen and oxygen atoms in total. The molecule has 1 aliphatic carbocycles. The molecule has 86 valence electrons. The Bertz CT molecular complexity index is 522. The van der Waals surface area contributed by atoms with Crippen LogP contribution in [0.1, 0.15) is 24.8 Å². The minimum absolute atomic E-state index is 0.503. The Labute approximate surface area is 106 Å². The van der Waals surface area contributed by atoms with Crippen LogP contribution in [-0.4, -0.2) is 5.11 Å². The summed E-state index contributed by atoms with van der Waals surface area (Å²) in [5.74, 6) is 2.39. The van der Waals surface area contributed by atoms with Crippen LogP contribution in [0.4, 0.5) is 0 Å². The summed E-state index contributed by atoms with van der Waals surface area (Å²) in [6.07, 6.45) is 7.62. The van der Waals surface area contributed by atoms with E-state index in [1.165, 1.54) is 0 Å². The van der Waals surface area contributed by atoms with Crippen LogP contribution < -0.4 is 0 Å². The van der Waals surface area contributed by atoms with Gasteiger partial charge in [-0.3, -0.25) is 0 Å². The molecule has 3 heteroatoms. The first-order chi connectivity index (χ1) is 8.08. The van der Waals surface area contributed by atoms with Gasteiger partial charge in [-0.15, -0.1) is 6.42 Å². The smallest absolute Gasteiger partial charge is 0.169 e. The van der Waals surface area contributed by atoms with E-state index in [4.69, 9.17) is 18.0 Å². The van der Waals surface area contributed by atoms with Crippen molar-refractivity contribution in [2.24, 2.45) is 5.41 Å². The third-order valence-electron chi connectivity index (χ3n) is 3.56. The van der Waals surface area contributed by atoms with E-state index in [9.17, 15) is 10.4 Å². The maximum Gasteiger partial charge on any atom is 0.169 e. The van der Waals surface area contributed by atoms with Crippen LogP contribution in [-0.2, 0) is 5.60 Å². The monoisotopic (exact) mass is 245 g/mol. The van der Waals surface area contributed by atoms with Crippen LogP contribution in [0.2, 0.25) is 5.02 Å². The zero-order valence-electron chi connectivity index (χ0n) is 9.28. The van der Waals surface area contributed by atoms with E-state index in [0.717, 1.165) is 6.42 Å². The van der Waals surface area contributed by atoms with E-state index < -0.39 is 11.0 Å². The molecular formula is C14H12ClNO. The molecule has 17 heavy (non-hydrogen) atoms. The summed E-state index contributed by atoms with van der Waals surface area (Å²) in [5.41, 5.74) is -1.90. The van der Waals surface area contributed by atoms with Crippen molar-refractivity contribution in [1.29, 1.82) is 5.26 Å². The van der Waals surface area contributed by atoms with Crippen molar-refractivity contribution in [2.45, 2.75) is 24.9 Å². The van der Waals surface area contributed by atoms with Gasteiger partial charge in [0.2, 0.25) is 0 Å². The molecule has 0 bridgehead atoms. The van der Waals surface area contributed by atoms with Gasteiger partial charge in [0.15, 0.2) is 5.60 Å². The van der Waals surface area contributed by atoms with Gasteiger partial charge in [0, 0.05) is 5.02 Å². The van der Waals surface area contributed by atoms with E-state index in [0.29, 0.717) is 23.4 Å². The molecule has 1 saturated carbocycles. The third kappa shape index (κ3) is 1.62. The quantitative estimate of drug-likeness (QED) is 0.815. The second-order valence-electron chi connectivity index (χ2n) is 4.41. The lowest BCUT2D eigenvalue weighted by molar-refractivity contribution is -0.0530. The minimum Gasteiger partial charge on any atom is -0.372 e. The lowest BCUT2D eigenvalue weighted by Crippen LogP contribution is -2.48. The highest BCUT2D eigenvalue weighted by Gasteiger charge is 2.55. The van der Waals surface area contributed by atoms with Crippen LogP contribution in [0.3, 0.4) is 0 Å². The zero-order chi connectivity index (χ0) is 12.5. The van der Waals surface area contributed by atoms with Crippen LogP contribution in [0.15, 0.2) is 24.3 Å². The first-order valence-corrected chi connectivity index (χ1v) is 5.83. The van der Waals surface area contributed by atoms with Crippen molar-refractivity contribution >= 4 is 11.6 Å². The van der Waals surface area contributed by atoms with E-state index in [1.54, 1.807) is 24.3 Å². The second kappa shape index (κ2) is 4.08. The molecule has 0 heterocycles. The van der Waals surface area contributed by atoms with Crippen molar-refractivity contribution in [1.82, 2.24) is 0 Å². The maximum absolute atomic E-state index is 10.7. The normalized spacial score (nSPS) is 20.5. The molecule has 1 atom stereocenters. The van der Waals surface area contributed by atoms with E-state index in [-0.39, 0.29) is 0 Å². The summed E-state index contributed by atoms with van der Waals surface area (Å²) in [7, 11) is 0. The Hall–Kier alpha value is -1.48. The molecule has 0 spiro atoms. The van der Waals surface area contributed by atoms with Crippen LogP contribution in [0.5, 0.6) is 0 Å². The molecule has 1 aromatic rings. The lowest BCUT2D eigenvalue weighted by Gasteiger charge is -2.45. The molecule has 1 aliphatic rings. The second-order valence-corrected chi connectivity index (χ2v) is 4.85. The van der Waals surface area contributed by atoms with Crippen molar-refractivity contribution in [2.75, 3.05) is 0 Å². The molecule has 1 N–H and O–H groups in total. The average Bonchev–Trinajstić information content (AvgIpc) is 2.28. The molecule has 0 amide bonds. The fourth-order valence-electron chi connectivity index (χ4n) is 2.30. The number of benzene rings is 1. The molecule has 0 aromatic heterocycles. The number of nitrogens with zero attached hydrogens (tertiary/aromatic N) is 1. The molecule has 0 unspecified atom stereocenters. The average molecular weight is 246 g/mol. The van der Waals surface area contributed by atoms with Crippen molar-refractivity contribution in [3.8, 4) is 18.4 Å². The lowest BCUT2D eigenvalue weighted by atomic mass is 9.58. The predicted molar refractivity (Wildman–Crippen MR) is 66.1 cm³/mol. The summed E-state index contributed by atoms with van der Waals surface area (Å²) in [5, 5.41) is 20.5. The Kier molecular flexibility index (Phi) is 2.87. The van der Waals surface area contributed by atoms with E-state index in [1.807, 2.05) is 0 Å². The number of aliphatic hydroxyl groups is 1. The molecule has 0 radical (unpaired) electrons. The highest BCUT2D eigenvalue weighted by molar-refractivity contribution is 6.30. The number of rotatable bonds is 2. The van der Waals surface area contributed by atoms with Crippen LogP contribution >= 0.6 is 11.6 Å². The Morgan fingerprint density at radius 1 is 1.47 bits per heavy atom. The Morgan fingerprint density at radius 3 is 2.59 bits per heavy atom. The summed E-state index contributed by atoms with van der Waals surface area (Å²) in [6, 6.07) is 8.96. The van der Waals surface area contributed by atoms with Gasteiger partial charge in [-0.05, 0) is 37.0 Å². The van der Waals surface area contributed by atoms with Gasteiger partial charge >= 0.3 is 0 Å². The molecule has 0 saturated heterocycles. The summed E-state index contributed by atoms with van der Waals surface area (Å²) < 4.78 is 0. The third-order valence-corrected chi connectivity index (χ3v) is 3.80. The molecule has 0 aliphatic heterocycles. The fourth-order valence-corrected chi connectivity index (χ4v) is 2.49. The molecule has 2 rings (SSSR count). The highest BCUT2D eigenvalue weighted by Crippen LogP contribution is 2.53. The summed E-state index contributed by atoms with van der Waals surface area (Å²) >= 11 is 5.90.